The van der Waals surface area contributed by atoms with E-state index in [1.165, 1.54) is 6.08 Å². The van der Waals surface area contributed by atoms with Crippen molar-refractivity contribution in [1.29, 1.82) is 0 Å². The Morgan fingerprint density at radius 3 is 2.39 bits per heavy atom. The fraction of sp³-hybridized carbons (Fsp3) is 0.115. The summed E-state index contributed by atoms with van der Waals surface area (Å²) >= 11 is 0. The van der Waals surface area contributed by atoms with Gasteiger partial charge in [-0.3, -0.25) is 0 Å². The minimum Gasteiger partial charge on any atom is -0.493 e. The number of ether oxygens (including phenoxy) is 3. The molecule has 0 bridgehead atoms. The number of carbonyl (C=O) groups is 1. The highest BCUT2D eigenvalue weighted by atomic mass is 16.5. The van der Waals surface area contributed by atoms with Gasteiger partial charge in [0.05, 0.1) is 14.2 Å². The van der Waals surface area contributed by atoms with Crippen LogP contribution in [0, 0.1) is 0 Å². The Hall–Kier alpha value is -3.99. The zero-order chi connectivity index (χ0) is 21.8. The molecule has 1 N–H and O–H groups in total. The topological polar surface area (TPSA) is 65.0 Å². The molecule has 0 atom stereocenters. The summed E-state index contributed by atoms with van der Waals surface area (Å²) in [4.78, 5) is 11.1. The first-order valence-electron chi connectivity index (χ1n) is 9.80. The van der Waals surface area contributed by atoms with Crippen molar-refractivity contribution in [2.75, 3.05) is 14.2 Å². The summed E-state index contributed by atoms with van der Waals surface area (Å²) in [5.41, 5.74) is 1.74. The van der Waals surface area contributed by atoms with E-state index in [0.29, 0.717) is 23.7 Å². The first-order chi connectivity index (χ1) is 15.1. The summed E-state index contributed by atoms with van der Waals surface area (Å²) in [6.07, 6.45) is 2.63. The van der Waals surface area contributed by atoms with E-state index >= 15 is 0 Å². The molecule has 0 saturated heterocycles. The van der Waals surface area contributed by atoms with Crippen LogP contribution in [0.1, 0.15) is 11.1 Å². The Kier molecular flexibility index (Phi) is 5.76. The van der Waals surface area contributed by atoms with Crippen molar-refractivity contribution in [3.63, 3.8) is 0 Å². The molecule has 0 spiro atoms. The molecular formula is C26H22O5. The zero-order valence-electron chi connectivity index (χ0n) is 17.3. The molecule has 0 aliphatic heterocycles. The number of hydrogen-bond donors (Lipinski definition) is 1. The highest BCUT2D eigenvalue weighted by Gasteiger charge is 2.15. The van der Waals surface area contributed by atoms with Gasteiger partial charge in [-0.1, -0.05) is 48.5 Å². The first-order valence-corrected chi connectivity index (χ1v) is 9.80. The Labute approximate surface area is 180 Å². The van der Waals surface area contributed by atoms with Crippen molar-refractivity contribution in [1.82, 2.24) is 0 Å². The largest absolute Gasteiger partial charge is 0.493 e. The molecule has 0 saturated carbocycles. The predicted molar refractivity (Wildman–Crippen MR) is 122 cm³/mol. The number of aliphatic carboxylic acids is 1. The molecule has 156 valence electrons. The van der Waals surface area contributed by atoms with Gasteiger partial charge in [-0.15, -0.1) is 0 Å². The minimum absolute atomic E-state index is 0.473. The van der Waals surface area contributed by atoms with E-state index < -0.39 is 5.97 Å². The number of methoxy groups -OCH3 is 2. The lowest BCUT2D eigenvalue weighted by Gasteiger charge is -2.16. The molecular weight excluding hydrogens is 392 g/mol. The maximum atomic E-state index is 11.1. The fourth-order valence-corrected chi connectivity index (χ4v) is 3.68. The molecule has 5 nitrogen and oxygen atoms in total. The third kappa shape index (κ3) is 4.16. The Balaban J connectivity index is 1.86. The van der Waals surface area contributed by atoms with Crippen LogP contribution in [-0.4, -0.2) is 25.3 Å². The lowest BCUT2D eigenvalue weighted by atomic mass is 9.96. The van der Waals surface area contributed by atoms with Crippen molar-refractivity contribution in [2.24, 2.45) is 0 Å². The molecule has 0 unspecified atom stereocenters. The molecule has 0 amide bonds. The van der Waals surface area contributed by atoms with Crippen LogP contribution in [0.3, 0.4) is 0 Å². The monoisotopic (exact) mass is 414 g/mol. The normalized spacial score (nSPS) is 11.2. The van der Waals surface area contributed by atoms with Crippen LogP contribution in [0.25, 0.3) is 27.6 Å². The lowest BCUT2D eigenvalue weighted by Crippen LogP contribution is -1.97. The van der Waals surface area contributed by atoms with Crippen LogP contribution in [0.5, 0.6) is 17.2 Å². The van der Waals surface area contributed by atoms with Crippen LogP contribution in [-0.2, 0) is 11.4 Å². The van der Waals surface area contributed by atoms with Crippen molar-refractivity contribution < 1.29 is 24.1 Å². The molecule has 0 aliphatic rings. The van der Waals surface area contributed by atoms with E-state index in [2.05, 4.69) is 0 Å². The highest BCUT2D eigenvalue weighted by molar-refractivity contribution is 6.12. The number of rotatable bonds is 7. The molecule has 0 aliphatic carbocycles. The Morgan fingerprint density at radius 2 is 1.68 bits per heavy atom. The van der Waals surface area contributed by atoms with Gasteiger partial charge in [-0.05, 0) is 51.4 Å². The van der Waals surface area contributed by atoms with Crippen LogP contribution < -0.4 is 14.2 Å². The van der Waals surface area contributed by atoms with E-state index in [0.717, 1.165) is 38.9 Å². The summed E-state index contributed by atoms with van der Waals surface area (Å²) < 4.78 is 17.1. The van der Waals surface area contributed by atoms with E-state index in [-0.39, 0.29) is 0 Å². The van der Waals surface area contributed by atoms with Crippen LogP contribution >= 0.6 is 0 Å². The third-order valence-corrected chi connectivity index (χ3v) is 5.13. The number of fused-ring (bicyclic) bond motifs is 3. The quantitative estimate of drug-likeness (QED) is 0.311. The molecule has 0 aromatic heterocycles. The second-order valence-electron chi connectivity index (χ2n) is 7.02. The maximum Gasteiger partial charge on any atom is 0.328 e. The van der Waals surface area contributed by atoms with Gasteiger partial charge < -0.3 is 19.3 Å². The minimum atomic E-state index is -1.03. The smallest absolute Gasteiger partial charge is 0.328 e. The van der Waals surface area contributed by atoms with Gasteiger partial charge in [0.1, 0.15) is 12.4 Å². The van der Waals surface area contributed by atoms with Crippen molar-refractivity contribution in [3.8, 4) is 17.2 Å². The Morgan fingerprint density at radius 1 is 0.903 bits per heavy atom. The standard InChI is InChI=1S/C26H22O5/c1-29-24-15-23-20(21(26(24)30-2)12-13-25(27)28)11-9-18-8-10-19(14-22(18)23)31-16-17-6-4-3-5-7-17/h3-15H,16H2,1-2H3,(H,27,28)/b13-12+. The summed E-state index contributed by atoms with van der Waals surface area (Å²) in [5, 5.41) is 12.9. The van der Waals surface area contributed by atoms with Crippen LogP contribution in [0.2, 0.25) is 0 Å². The van der Waals surface area contributed by atoms with Gasteiger partial charge in [0.2, 0.25) is 0 Å². The molecule has 31 heavy (non-hydrogen) atoms. The van der Waals surface area contributed by atoms with E-state index in [1.807, 2.05) is 66.7 Å². The van der Waals surface area contributed by atoms with Gasteiger partial charge in [-0.2, -0.15) is 0 Å². The molecule has 5 heteroatoms. The SMILES string of the molecule is COc1cc2c(ccc3ccc(OCc4ccccc4)cc32)c(/C=C/C(=O)O)c1OC. The van der Waals surface area contributed by atoms with Crippen LogP contribution in [0.4, 0.5) is 0 Å². The van der Waals surface area contributed by atoms with Gasteiger partial charge in [0.15, 0.2) is 11.5 Å². The van der Waals surface area contributed by atoms with Crippen molar-refractivity contribution >= 4 is 33.6 Å². The van der Waals surface area contributed by atoms with Crippen LogP contribution in [0.15, 0.2) is 72.8 Å². The third-order valence-electron chi connectivity index (χ3n) is 5.13. The number of carboxylic acids is 1. The zero-order valence-corrected chi connectivity index (χ0v) is 17.3. The molecule has 0 fully saturated rings. The average Bonchev–Trinajstić information content (AvgIpc) is 2.80. The Bertz CT molecular complexity index is 1280. The second kappa shape index (κ2) is 8.79. The average molecular weight is 414 g/mol. The molecule has 4 aromatic rings. The lowest BCUT2D eigenvalue weighted by molar-refractivity contribution is -0.131. The molecule has 0 heterocycles. The second-order valence-corrected chi connectivity index (χ2v) is 7.02. The summed E-state index contributed by atoms with van der Waals surface area (Å²) in [5.74, 6) is 0.739. The van der Waals surface area contributed by atoms with Gasteiger partial charge >= 0.3 is 5.97 Å². The number of hydrogen-bond acceptors (Lipinski definition) is 4. The van der Waals surface area contributed by atoms with E-state index in [1.54, 1.807) is 14.2 Å². The number of carboxylic acid groups (broad SMARTS) is 1. The van der Waals surface area contributed by atoms with Gasteiger partial charge in [-0.25, -0.2) is 4.79 Å². The highest BCUT2D eigenvalue weighted by Crippen LogP contribution is 2.41. The van der Waals surface area contributed by atoms with Crippen molar-refractivity contribution in [2.45, 2.75) is 6.61 Å². The van der Waals surface area contributed by atoms with E-state index in [4.69, 9.17) is 19.3 Å². The maximum absolute atomic E-state index is 11.1. The van der Waals surface area contributed by atoms with Crippen molar-refractivity contribution in [3.05, 3.63) is 83.9 Å². The first kappa shape index (κ1) is 20.3. The summed E-state index contributed by atoms with van der Waals surface area (Å²) in [7, 11) is 3.10. The summed E-state index contributed by atoms with van der Waals surface area (Å²) in [6, 6.07) is 21.8. The summed E-state index contributed by atoms with van der Waals surface area (Å²) in [6.45, 7) is 0.473. The van der Waals surface area contributed by atoms with E-state index in [9.17, 15) is 4.79 Å². The fourth-order valence-electron chi connectivity index (χ4n) is 3.68. The molecule has 0 radical (unpaired) electrons. The predicted octanol–water partition coefficient (Wildman–Crippen LogP) is 5.69. The molecule has 4 aromatic carbocycles. The van der Waals surface area contributed by atoms with Gasteiger partial charge in [0, 0.05) is 11.6 Å². The van der Waals surface area contributed by atoms with Gasteiger partial charge in [0.25, 0.3) is 0 Å². The molecule has 4 rings (SSSR count). The number of benzene rings is 4.